The van der Waals surface area contributed by atoms with Crippen molar-refractivity contribution in [3.05, 3.63) is 53.4 Å². The first-order chi connectivity index (χ1) is 6.38. The third kappa shape index (κ3) is 1.65. The number of carbonyl (C=O) groups excluding carboxylic acids is 1. The molecule has 2 nitrogen and oxygen atoms in total. The third-order valence-electron chi connectivity index (χ3n) is 1.82. The van der Waals surface area contributed by atoms with Gasteiger partial charge < -0.3 is 4.10 Å². The van der Waals surface area contributed by atoms with Crippen molar-refractivity contribution < 1.29 is 8.89 Å². The minimum atomic E-state index is -0.308. The van der Waals surface area contributed by atoms with E-state index in [-0.39, 0.29) is 15.2 Å². The van der Waals surface area contributed by atoms with Gasteiger partial charge in [0, 0.05) is 10.7 Å². The van der Waals surface area contributed by atoms with Crippen molar-refractivity contribution in [1.29, 1.82) is 0 Å². The fraction of sp³-hybridized carbons (Fsp3) is 0. The zero-order valence-corrected chi connectivity index (χ0v) is 8.09. The van der Waals surface area contributed by atoms with Crippen molar-refractivity contribution in [1.82, 2.24) is 0 Å². The van der Waals surface area contributed by atoms with Gasteiger partial charge in [-0.3, -0.25) is 4.79 Å². The maximum atomic E-state index is 11.7. The molecule has 0 spiro atoms. The van der Waals surface area contributed by atoms with Gasteiger partial charge >= 0.3 is 0 Å². The summed E-state index contributed by atoms with van der Waals surface area (Å²) < 4.78 is 5.04. The molecule has 1 heterocycles. The lowest BCUT2D eigenvalue weighted by Gasteiger charge is -1.95. The third-order valence-corrected chi connectivity index (χ3v) is 2.82. The van der Waals surface area contributed by atoms with Crippen molar-refractivity contribution in [3.63, 3.8) is 0 Å². The molecule has 0 N–H and O–H groups in total. The number of carbonyl (C=O) groups is 1. The van der Waals surface area contributed by atoms with Crippen LogP contribution in [0.1, 0.15) is 15.5 Å². The standard InChI is InChI=1S/C10H8O2Si/c11-10(9-6-7-12-13-9)8-4-2-1-3-5-8/h1-7,13H. The zero-order valence-electron chi connectivity index (χ0n) is 6.94. The van der Waals surface area contributed by atoms with Crippen molar-refractivity contribution in [2.24, 2.45) is 0 Å². The van der Waals surface area contributed by atoms with Crippen LogP contribution in [-0.2, 0) is 0 Å². The van der Waals surface area contributed by atoms with Gasteiger partial charge in [0.2, 0.25) is 9.38 Å². The molecule has 0 atom stereocenters. The molecule has 0 amide bonds. The van der Waals surface area contributed by atoms with Crippen LogP contribution < -0.4 is 0 Å². The van der Waals surface area contributed by atoms with Gasteiger partial charge in [-0.05, 0) is 6.07 Å². The highest BCUT2D eigenvalue weighted by Gasteiger charge is 2.08. The molecule has 0 unspecified atom stereocenters. The lowest BCUT2D eigenvalue weighted by molar-refractivity contribution is 0.104. The van der Waals surface area contributed by atoms with Gasteiger partial charge in [-0.2, -0.15) is 0 Å². The maximum Gasteiger partial charge on any atom is 0.234 e. The minimum Gasteiger partial charge on any atom is -0.525 e. The Hall–Kier alpha value is -1.48. The summed E-state index contributed by atoms with van der Waals surface area (Å²) in [5, 5.41) is 0.797. The molecule has 0 aliphatic rings. The first-order valence-electron chi connectivity index (χ1n) is 4.00. The molecule has 0 radical (unpaired) electrons. The van der Waals surface area contributed by atoms with E-state index in [4.69, 9.17) is 4.10 Å². The summed E-state index contributed by atoms with van der Waals surface area (Å²) >= 11 is 0. The van der Waals surface area contributed by atoms with Crippen LogP contribution in [0.25, 0.3) is 0 Å². The van der Waals surface area contributed by atoms with Gasteiger partial charge in [0.05, 0.1) is 6.26 Å². The van der Waals surface area contributed by atoms with E-state index in [2.05, 4.69) is 0 Å². The normalized spacial score (nSPS) is 9.85. The molecule has 0 aliphatic carbocycles. The molecular formula is C10H8O2Si. The van der Waals surface area contributed by atoms with Crippen LogP contribution in [0.15, 0.2) is 46.8 Å². The van der Waals surface area contributed by atoms with E-state index in [9.17, 15) is 4.79 Å². The summed E-state index contributed by atoms with van der Waals surface area (Å²) in [6.07, 6.45) is 1.59. The van der Waals surface area contributed by atoms with Gasteiger partial charge in [-0.15, -0.1) is 0 Å². The predicted octanol–water partition coefficient (Wildman–Crippen LogP) is 1.58. The second kappa shape index (κ2) is 3.49. The predicted molar refractivity (Wildman–Crippen MR) is 51.3 cm³/mol. The van der Waals surface area contributed by atoms with Crippen LogP contribution >= 0.6 is 0 Å². The Bertz CT molecular complexity index is 392. The monoisotopic (exact) mass is 188 g/mol. The molecule has 13 heavy (non-hydrogen) atoms. The lowest BCUT2D eigenvalue weighted by atomic mass is 10.1. The Morgan fingerprint density at radius 3 is 2.54 bits per heavy atom. The molecule has 0 aliphatic heterocycles. The summed E-state index contributed by atoms with van der Waals surface area (Å²) in [6, 6.07) is 11.0. The van der Waals surface area contributed by atoms with Crippen LogP contribution in [0.3, 0.4) is 0 Å². The van der Waals surface area contributed by atoms with E-state index in [0.29, 0.717) is 0 Å². The van der Waals surface area contributed by atoms with Crippen LogP contribution in [0.2, 0.25) is 0 Å². The van der Waals surface area contributed by atoms with Gasteiger partial charge in [0.25, 0.3) is 0 Å². The van der Waals surface area contributed by atoms with Gasteiger partial charge in [0.1, 0.15) is 0 Å². The molecule has 0 saturated heterocycles. The number of benzene rings is 1. The van der Waals surface area contributed by atoms with E-state index in [1.807, 2.05) is 30.3 Å². The Kier molecular flexibility index (Phi) is 2.18. The van der Waals surface area contributed by atoms with Crippen molar-refractivity contribution in [3.8, 4) is 0 Å². The fourth-order valence-electron chi connectivity index (χ4n) is 1.15. The lowest BCUT2D eigenvalue weighted by Crippen LogP contribution is -2.00. The average molecular weight is 188 g/mol. The van der Waals surface area contributed by atoms with Crippen molar-refractivity contribution >= 4 is 15.2 Å². The molecule has 2 rings (SSSR count). The highest BCUT2D eigenvalue weighted by Crippen LogP contribution is 2.06. The van der Waals surface area contributed by atoms with E-state index in [1.165, 1.54) is 0 Å². The molecule has 1 aromatic carbocycles. The topological polar surface area (TPSA) is 30.2 Å². The van der Waals surface area contributed by atoms with E-state index >= 15 is 0 Å². The summed E-state index contributed by atoms with van der Waals surface area (Å²) in [6.45, 7) is 0. The number of hydrogen-bond acceptors (Lipinski definition) is 2. The van der Waals surface area contributed by atoms with E-state index in [1.54, 1.807) is 12.3 Å². The number of ketones is 1. The Balaban J connectivity index is 2.34. The van der Waals surface area contributed by atoms with Crippen molar-refractivity contribution in [2.75, 3.05) is 0 Å². The van der Waals surface area contributed by atoms with Crippen LogP contribution in [0.5, 0.6) is 0 Å². The highest BCUT2D eigenvalue weighted by molar-refractivity contribution is 6.36. The Labute approximate surface area is 78.1 Å². The van der Waals surface area contributed by atoms with Gasteiger partial charge in [0.15, 0.2) is 5.78 Å². The second-order valence-electron chi connectivity index (χ2n) is 2.71. The maximum absolute atomic E-state index is 11.7. The first kappa shape index (κ1) is 8.13. The quantitative estimate of drug-likeness (QED) is 0.529. The van der Waals surface area contributed by atoms with E-state index in [0.717, 1.165) is 10.7 Å². The SMILES string of the molecule is O=C(c1ccccc1)c1cco[siH]1. The minimum absolute atomic E-state index is 0.0874. The first-order valence-corrected chi connectivity index (χ1v) is 5.05. The van der Waals surface area contributed by atoms with Gasteiger partial charge in [-0.25, -0.2) is 0 Å². The van der Waals surface area contributed by atoms with Crippen molar-refractivity contribution in [2.45, 2.75) is 0 Å². The number of hydrogen-bond donors (Lipinski definition) is 0. The molecule has 3 heteroatoms. The summed E-state index contributed by atoms with van der Waals surface area (Å²) in [4.78, 5) is 11.7. The molecule has 64 valence electrons. The zero-order chi connectivity index (χ0) is 9.10. The average Bonchev–Trinajstić information content (AvgIpc) is 2.71. The molecule has 0 fully saturated rings. The summed E-state index contributed by atoms with van der Waals surface area (Å²) in [5.41, 5.74) is 0.736. The van der Waals surface area contributed by atoms with Crippen LogP contribution in [0, 0.1) is 0 Å². The molecule has 0 bridgehead atoms. The summed E-state index contributed by atoms with van der Waals surface area (Å²) in [7, 11) is -0.308. The molecular weight excluding hydrogens is 180 g/mol. The van der Waals surface area contributed by atoms with Crippen LogP contribution in [0.4, 0.5) is 0 Å². The largest absolute Gasteiger partial charge is 0.525 e. The van der Waals surface area contributed by atoms with Gasteiger partial charge in [-0.1, -0.05) is 30.3 Å². The summed E-state index contributed by atoms with van der Waals surface area (Å²) in [5.74, 6) is 0.0874. The molecule has 2 aromatic rings. The fourth-order valence-corrected chi connectivity index (χ4v) is 1.88. The smallest absolute Gasteiger partial charge is 0.234 e. The molecule has 1 aromatic heterocycles. The Morgan fingerprint density at radius 2 is 1.92 bits per heavy atom. The van der Waals surface area contributed by atoms with E-state index < -0.39 is 0 Å². The second-order valence-corrected chi connectivity index (χ2v) is 3.84. The van der Waals surface area contributed by atoms with Crippen LogP contribution in [-0.4, -0.2) is 15.2 Å². The highest BCUT2D eigenvalue weighted by atomic mass is 28.2. The Morgan fingerprint density at radius 1 is 1.15 bits per heavy atom. The number of rotatable bonds is 2. The molecule has 0 saturated carbocycles.